The van der Waals surface area contributed by atoms with Crippen LogP contribution in [-0.4, -0.2) is 6.04 Å². The summed E-state index contributed by atoms with van der Waals surface area (Å²) < 4.78 is 0. The predicted octanol–water partition coefficient (Wildman–Crippen LogP) is 3.29. The Morgan fingerprint density at radius 1 is 1.07 bits per heavy atom. The lowest BCUT2D eigenvalue weighted by molar-refractivity contribution is 0.189. The molecule has 2 aliphatic carbocycles. The summed E-state index contributed by atoms with van der Waals surface area (Å²) in [7, 11) is 0. The molecule has 0 radical (unpaired) electrons. The van der Waals surface area contributed by atoms with Gasteiger partial charge in [0.25, 0.3) is 0 Å². The zero-order chi connectivity index (χ0) is 9.38. The minimum Gasteiger partial charge on any atom is -0.382 e. The fourth-order valence-electron chi connectivity index (χ4n) is 3.11. The maximum atomic E-state index is 3.65. The van der Waals surface area contributed by atoms with E-state index in [9.17, 15) is 0 Å². The van der Waals surface area contributed by atoms with E-state index >= 15 is 0 Å². The minimum atomic E-state index is 0.768. The molecule has 1 N–H and O–H groups in total. The molecular formula is C13H17N. The summed E-state index contributed by atoms with van der Waals surface area (Å²) in [4.78, 5) is 0. The molecule has 74 valence electrons. The molecule has 1 aromatic rings. The van der Waals surface area contributed by atoms with Crippen molar-refractivity contribution in [2.75, 3.05) is 5.32 Å². The summed E-state index contributed by atoms with van der Waals surface area (Å²) >= 11 is 0. The summed E-state index contributed by atoms with van der Waals surface area (Å²) in [5, 5.41) is 3.65. The van der Waals surface area contributed by atoms with E-state index in [0.29, 0.717) is 0 Å². The molecule has 0 saturated heterocycles. The second-order valence-electron chi connectivity index (χ2n) is 4.71. The summed E-state index contributed by atoms with van der Waals surface area (Å²) in [6, 6.07) is 11.4. The molecule has 2 fully saturated rings. The van der Waals surface area contributed by atoms with Crippen molar-refractivity contribution in [1.82, 2.24) is 0 Å². The van der Waals surface area contributed by atoms with E-state index in [-0.39, 0.29) is 0 Å². The number of hydrogen-bond acceptors (Lipinski definition) is 1. The molecule has 1 aromatic carbocycles. The molecule has 2 aliphatic rings. The van der Waals surface area contributed by atoms with Crippen LogP contribution in [0.3, 0.4) is 0 Å². The molecule has 1 nitrogen and oxygen atoms in total. The molecule has 2 saturated carbocycles. The first-order valence-electron chi connectivity index (χ1n) is 5.75. The van der Waals surface area contributed by atoms with Gasteiger partial charge in [-0.2, -0.15) is 0 Å². The normalized spacial score (nSPS) is 34.7. The van der Waals surface area contributed by atoms with Gasteiger partial charge in [0, 0.05) is 11.7 Å². The largest absolute Gasteiger partial charge is 0.382 e. The van der Waals surface area contributed by atoms with E-state index in [2.05, 4.69) is 35.6 Å². The molecule has 0 spiro atoms. The van der Waals surface area contributed by atoms with Crippen molar-refractivity contribution in [2.24, 2.45) is 11.8 Å². The number of para-hydroxylation sites is 1. The standard InChI is InChI=1S/C13H17N/c1-2-6-11(7-3-1)14-13-9-10-5-4-8-12(10)13/h1-3,6-7,10,12-14H,4-5,8-9H2/t10-,12-,13?/m0/s1. The minimum absolute atomic E-state index is 0.768. The van der Waals surface area contributed by atoms with Gasteiger partial charge < -0.3 is 5.32 Å². The second-order valence-corrected chi connectivity index (χ2v) is 4.71. The molecular weight excluding hydrogens is 170 g/mol. The number of hydrogen-bond donors (Lipinski definition) is 1. The molecule has 0 aliphatic heterocycles. The van der Waals surface area contributed by atoms with E-state index in [1.807, 2.05) is 0 Å². The highest BCUT2D eigenvalue weighted by Crippen LogP contribution is 2.47. The third-order valence-corrected chi connectivity index (χ3v) is 3.92. The Hall–Kier alpha value is -0.980. The molecule has 1 unspecified atom stereocenters. The summed E-state index contributed by atoms with van der Waals surface area (Å²) in [6.45, 7) is 0. The molecule has 3 atom stereocenters. The van der Waals surface area contributed by atoms with Crippen molar-refractivity contribution in [3.05, 3.63) is 30.3 Å². The van der Waals surface area contributed by atoms with Gasteiger partial charge in [-0.25, -0.2) is 0 Å². The highest BCUT2D eigenvalue weighted by molar-refractivity contribution is 5.44. The van der Waals surface area contributed by atoms with Gasteiger partial charge in [-0.15, -0.1) is 0 Å². The monoisotopic (exact) mass is 187 g/mol. The Balaban J connectivity index is 1.64. The lowest BCUT2D eigenvalue weighted by Crippen LogP contribution is -2.43. The topological polar surface area (TPSA) is 12.0 Å². The molecule has 0 bridgehead atoms. The summed E-state index contributed by atoms with van der Waals surface area (Å²) in [6.07, 6.45) is 5.80. The van der Waals surface area contributed by atoms with E-state index in [0.717, 1.165) is 17.9 Å². The Bertz CT molecular complexity index is 306. The molecule has 1 heteroatoms. The SMILES string of the molecule is c1ccc(NC2C[C@@H]3CCC[C@H]23)cc1. The highest BCUT2D eigenvalue weighted by Gasteiger charge is 2.43. The average molecular weight is 187 g/mol. The lowest BCUT2D eigenvalue weighted by Gasteiger charge is -2.41. The second kappa shape index (κ2) is 3.30. The Morgan fingerprint density at radius 3 is 2.71 bits per heavy atom. The van der Waals surface area contributed by atoms with Gasteiger partial charge in [-0.05, 0) is 36.8 Å². The molecule has 0 heterocycles. The smallest absolute Gasteiger partial charge is 0.0342 e. The van der Waals surface area contributed by atoms with Gasteiger partial charge in [0.2, 0.25) is 0 Å². The zero-order valence-electron chi connectivity index (χ0n) is 8.45. The highest BCUT2D eigenvalue weighted by atomic mass is 15.0. The van der Waals surface area contributed by atoms with Crippen LogP contribution in [-0.2, 0) is 0 Å². The van der Waals surface area contributed by atoms with Gasteiger partial charge in [0.05, 0.1) is 0 Å². The van der Waals surface area contributed by atoms with Crippen molar-refractivity contribution < 1.29 is 0 Å². The third-order valence-electron chi connectivity index (χ3n) is 3.92. The number of anilines is 1. The van der Waals surface area contributed by atoms with E-state index in [4.69, 9.17) is 0 Å². The van der Waals surface area contributed by atoms with Gasteiger partial charge in [-0.1, -0.05) is 31.0 Å². The molecule has 14 heavy (non-hydrogen) atoms. The van der Waals surface area contributed by atoms with E-state index < -0.39 is 0 Å². The fraction of sp³-hybridized carbons (Fsp3) is 0.538. The Morgan fingerprint density at radius 2 is 1.93 bits per heavy atom. The van der Waals surface area contributed by atoms with E-state index in [1.54, 1.807) is 0 Å². The van der Waals surface area contributed by atoms with Crippen molar-refractivity contribution in [2.45, 2.75) is 31.7 Å². The van der Waals surface area contributed by atoms with Crippen molar-refractivity contribution in [3.8, 4) is 0 Å². The van der Waals surface area contributed by atoms with Crippen LogP contribution in [0.2, 0.25) is 0 Å². The van der Waals surface area contributed by atoms with Crippen molar-refractivity contribution in [3.63, 3.8) is 0 Å². The lowest BCUT2D eigenvalue weighted by atomic mass is 9.71. The van der Waals surface area contributed by atoms with Crippen LogP contribution >= 0.6 is 0 Å². The molecule has 0 aromatic heterocycles. The van der Waals surface area contributed by atoms with Gasteiger partial charge in [0.1, 0.15) is 0 Å². The van der Waals surface area contributed by atoms with Crippen LogP contribution in [0.1, 0.15) is 25.7 Å². The molecule has 0 amide bonds. The Labute approximate surface area is 85.5 Å². The average Bonchev–Trinajstić information content (AvgIpc) is 2.58. The van der Waals surface area contributed by atoms with Crippen LogP contribution in [0.25, 0.3) is 0 Å². The predicted molar refractivity (Wildman–Crippen MR) is 59.3 cm³/mol. The van der Waals surface area contributed by atoms with Gasteiger partial charge >= 0.3 is 0 Å². The number of rotatable bonds is 2. The number of fused-ring (bicyclic) bond motifs is 1. The van der Waals surface area contributed by atoms with Crippen LogP contribution < -0.4 is 5.32 Å². The van der Waals surface area contributed by atoms with Crippen molar-refractivity contribution in [1.29, 1.82) is 0 Å². The third kappa shape index (κ3) is 1.31. The van der Waals surface area contributed by atoms with Crippen LogP contribution in [0.15, 0.2) is 30.3 Å². The summed E-state index contributed by atoms with van der Waals surface area (Å²) in [5.41, 5.74) is 1.29. The number of benzene rings is 1. The first-order valence-corrected chi connectivity index (χ1v) is 5.75. The quantitative estimate of drug-likeness (QED) is 0.749. The van der Waals surface area contributed by atoms with Crippen molar-refractivity contribution >= 4 is 5.69 Å². The zero-order valence-corrected chi connectivity index (χ0v) is 8.45. The summed E-state index contributed by atoms with van der Waals surface area (Å²) in [5.74, 6) is 2.03. The molecule has 3 rings (SSSR count). The maximum Gasteiger partial charge on any atom is 0.0342 e. The van der Waals surface area contributed by atoms with Crippen LogP contribution in [0, 0.1) is 11.8 Å². The Kier molecular flexibility index (Phi) is 1.97. The first-order chi connectivity index (χ1) is 6.93. The van der Waals surface area contributed by atoms with Gasteiger partial charge in [0.15, 0.2) is 0 Å². The first kappa shape index (κ1) is 8.34. The maximum absolute atomic E-state index is 3.65. The van der Waals surface area contributed by atoms with Gasteiger partial charge in [-0.3, -0.25) is 0 Å². The van der Waals surface area contributed by atoms with Crippen LogP contribution in [0.4, 0.5) is 5.69 Å². The fourth-order valence-corrected chi connectivity index (χ4v) is 3.11. The number of nitrogens with one attached hydrogen (secondary N) is 1. The van der Waals surface area contributed by atoms with Crippen LogP contribution in [0.5, 0.6) is 0 Å². The van der Waals surface area contributed by atoms with E-state index in [1.165, 1.54) is 31.4 Å².